The fourth-order valence-electron chi connectivity index (χ4n) is 3.77. The average molecular weight is 350 g/mol. The Kier molecular flexibility index (Phi) is 5.25. The molecule has 3 rings (SSSR count). The number of amides is 1. The van der Waals surface area contributed by atoms with Gasteiger partial charge in [-0.05, 0) is 37.8 Å². The lowest BCUT2D eigenvalue weighted by atomic mass is 10.1. The number of carbonyl (C=O) groups excluding carboxylic acids is 1. The lowest BCUT2D eigenvalue weighted by molar-refractivity contribution is -0.135. The molecule has 1 aromatic carbocycles. The fraction of sp³-hybridized carbons (Fsp3) is 0.611. The van der Waals surface area contributed by atoms with E-state index in [1.54, 1.807) is 12.1 Å². The molecule has 0 bridgehead atoms. The molecule has 6 heteroatoms. The Labute approximate surface area is 144 Å². The minimum Gasteiger partial charge on any atom is -0.341 e. The van der Waals surface area contributed by atoms with Crippen LogP contribution in [-0.2, 0) is 14.8 Å². The van der Waals surface area contributed by atoms with E-state index in [0.29, 0.717) is 37.5 Å². The maximum atomic E-state index is 12.9. The van der Waals surface area contributed by atoms with Gasteiger partial charge >= 0.3 is 0 Å². The highest BCUT2D eigenvalue weighted by atomic mass is 32.2. The van der Waals surface area contributed by atoms with Crippen molar-refractivity contribution in [2.24, 2.45) is 5.92 Å². The zero-order valence-corrected chi connectivity index (χ0v) is 15.1. The number of rotatable bonds is 3. The molecule has 0 atom stereocenters. The van der Waals surface area contributed by atoms with Gasteiger partial charge in [0.15, 0.2) is 0 Å². The van der Waals surface area contributed by atoms with Crippen molar-refractivity contribution < 1.29 is 13.2 Å². The molecule has 1 heterocycles. The zero-order valence-electron chi connectivity index (χ0n) is 14.3. The van der Waals surface area contributed by atoms with Gasteiger partial charge in [-0.25, -0.2) is 8.42 Å². The van der Waals surface area contributed by atoms with Crippen molar-refractivity contribution in [1.29, 1.82) is 0 Å². The number of carbonyl (C=O) groups is 1. The highest BCUT2D eigenvalue weighted by molar-refractivity contribution is 7.89. The molecular formula is C18H26N2O3S. The Morgan fingerprint density at radius 1 is 1.00 bits per heavy atom. The van der Waals surface area contributed by atoms with E-state index in [9.17, 15) is 13.2 Å². The van der Waals surface area contributed by atoms with E-state index >= 15 is 0 Å². The van der Waals surface area contributed by atoms with Crippen molar-refractivity contribution >= 4 is 15.9 Å². The summed E-state index contributed by atoms with van der Waals surface area (Å²) in [6, 6.07) is 7.09. The van der Waals surface area contributed by atoms with E-state index in [0.717, 1.165) is 31.2 Å². The fourth-order valence-corrected chi connectivity index (χ4v) is 5.47. The second-order valence-electron chi connectivity index (χ2n) is 6.83. The quantitative estimate of drug-likeness (QED) is 0.841. The van der Waals surface area contributed by atoms with E-state index in [-0.39, 0.29) is 11.8 Å². The Hall–Kier alpha value is -1.40. The highest BCUT2D eigenvalue weighted by Gasteiger charge is 2.32. The molecule has 1 aromatic rings. The summed E-state index contributed by atoms with van der Waals surface area (Å²) in [5, 5.41) is 0. The normalized spacial score (nSPS) is 21.0. The van der Waals surface area contributed by atoms with Gasteiger partial charge in [-0.2, -0.15) is 4.31 Å². The topological polar surface area (TPSA) is 57.7 Å². The van der Waals surface area contributed by atoms with Gasteiger partial charge in [0, 0.05) is 32.1 Å². The van der Waals surface area contributed by atoms with Crippen molar-refractivity contribution in [2.75, 3.05) is 26.2 Å². The van der Waals surface area contributed by atoms with Crippen LogP contribution in [-0.4, -0.2) is 49.7 Å². The van der Waals surface area contributed by atoms with Crippen LogP contribution in [0.15, 0.2) is 29.2 Å². The molecule has 1 saturated heterocycles. The number of nitrogens with zero attached hydrogens (tertiary/aromatic N) is 2. The van der Waals surface area contributed by atoms with E-state index in [1.807, 2.05) is 24.0 Å². The predicted molar refractivity (Wildman–Crippen MR) is 93.1 cm³/mol. The molecule has 1 amide bonds. The number of aryl methyl sites for hydroxylation is 1. The number of benzene rings is 1. The number of hydrogen-bond donors (Lipinski definition) is 0. The highest BCUT2D eigenvalue weighted by Crippen LogP contribution is 2.27. The monoisotopic (exact) mass is 350 g/mol. The maximum absolute atomic E-state index is 12.9. The summed E-state index contributed by atoms with van der Waals surface area (Å²) < 4.78 is 27.4. The molecule has 1 aliphatic carbocycles. The van der Waals surface area contributed by atoms with Crippen LogP contribution in [0.1, 0.15) is 37.7 Å². The SMILES string of the molecule is Cc1ccccc1S(=O)(=O)N1CCCN(C(=O)C2CCCC2)CC1. The molecule has 24 heavy (non-hydrogen) atoms. The van der Waals surface area contributed by atoms with Crippen LogP contribution < -0.4 is 0 Å². The number of sulfonamides is 1. The Morgan fingerprint density at radius 2 is 1.71 bits per heavy atom. The minimum absolute atomic E-state index is 0.157. The first-order valence-corrected chi connectivity index (χ1v) is 10.3. The first kappa shape index (κ1) is 17.4. The molecule has 132 valence electrons. The Balaban J connectivity index is 1.71. The summed E-state index contributed by atoms with van der Waals surface area (Å²) in [4.78, 5) is 14.8. The molecule has 0 spiro atoms. The molecule has 1 aliphatic heterocycles. The summed E-state index contributed by atoms with van der Waals surface area (Å²) >= 11 is 0. The predicted octanol–water partition coefficient (Wildman–Crippen LogP) is 2.41. The van der Waals surface area contributed by atoms with Gasteiger partial charge in [0.2, 0.25) is 15.9 Å². The van der Waals surface area contributed by atoms with Crippen LogP contribution in [0.25, 0.3) is 0 Å². The van der Waals surface area contributed by atoms with Gasteiger partial charge in [0.25, 0.3) is 0 Å². The molecular weight excluding hydrogens is 324 g/mol. The summed E-state index contributed by atoms with van der Waals surface area (Å²) in [7, 11) is -3.49. The van der Waals surface area contributed by atoms with Gasteiger partial charge in [0.05, 0.1) is 4.90 Å². The van der Waals surface area contributed by atoms with Crippen LogP contribution in [0, 0.1) is 12.8 Å². The summed E-state index contributed by atoms with van der Waals surface area (Å²) in [6.07, 6.45) is 4.95. The van der Waals surface area contributed by atoms with Gasteiger partial charge < -0.3 is 4.90 Å². The Morgan fingerprint density at radius 3 is 2.42 bits per heavy atom. The first-order chi connectivity index (χ1) is 11.5. The van der Waals surface area contributed by atoms with Crippen molar-refractivity contribution in [2.45, 2.75) is 43.9 Å². The van der Waals surface area contributed by atoms with Crippen LogP contribution in [0.4, 0.5) is 0 Å². The summed E-state index contributed by atoms with van der Waals surface area (Å²) in [5.74, 6) is 0.382. The van der Waals surface area contributed by atoms with Gasteiger partial charge in [-0.15, -0.1) is 0 Å². The third-order valence-corrected chi connectivity index (χ3v) is 7.24. The van der Waals surface area contributed by atoms with Crippen LogP contribution >= 0.6 is 0 Å². The molecule has 0 unspecified atom stereocenters. The maximum Gasteiger partial charge on any atom is 0.243 e. The zero-order chi connectivity index (χ0) is 17.2. The molecule has 0 N–H and O–H groups in total. The van der Waals surface area contributed by atoms with Crippen LogP contribution in [0.3, 0.4) is 0 Å². The Bertz CT molecular complexity index is 696. The molecule has 5 nitrogen and oxygen atoms in total. The molecule has 2 fully saturated rings. The van der Waals surface area contributed by atoms with Crippen molar-refractivity contribution in [3.8, 4) is 0 Å². The molecule has 1 saturated carbocycles. The van der Waals surface area contributed by atoms with E-state index < -0.39 is 10.0 Å². The average Bonchev–Trinajstić information content (AvgIpc) is 2.98. The van der Waals surface area contributed by atoms with Crippen molar-refractivity contribution in [3.05, 3.63) is 29.8 Å². The lowest BCUT2D eigenvalue weighted by Gasteiger charge is -2.24. The number of hydrogen-bond acceptors (Lipinski definition) is 3. The third-order valence-electron chi connectivity index (χ3n) is 5.18. The van der Waals surface area contributed by atoms with Crippen molar-refractivity contribution in [1.82, 2.24) is 9.21 Å². The van der Waals surface area contributed by atoms with E-state index in [2.05, 4.69) is 0 Å². The smallest absolute Gasteiger partial charge is 0.243 e. The van der Waals surface area contributed by atoms with Gasteiger partial charge in [-0.3, -0.25) is 4.79 Å². The summed E-state index contributed by atoms with van der Waals surface area (Å²) in [5.41, 5.74) is 0.764. The summed E-state index contributed by atoms with van der Waals surface area (Å²) in [6.45, 7) is 3.84. The van der Waals surface area contributed by atoms with E-state index in [4.69, 9.17) is 0 Å². The van der Waals surface area contributed by atoms with Gasteiger partial charge in [0.1, 0.15) is 0 Å². The lowest BCUT2D eigenvalue weighted by Crippen LogP contribution is -2.39. The standard InChI is InChI=1S/C18H26N2O3S/c1-15-7-2-5-10-17(15)24(22,23)20-12-6-11-19(13-14-20)18(21)16-8-3-4-9-16/h2,5,7,10,16H,3-4,6,8-9,11-14H2,1H3. The minimum atomic E-state index is -3.49. The molecule has 0 radical (unpaired) electrons. The van der Waals surface area contributed by atoms with Crippen LogP contribution in [0.2, 0.25) is 0 Å². The third kappa shape index (κ3) is 3.49. The molecule has 2 aliphatic rings. The molecule has 0 aromatic heterocycles. The second kappa shape index (κ2) is 7.23. The second-order valence-corrected chi connectivity index (χ2v) is 8.74. The van der Waals surface area contributed by atoms with Crippen molar-refractivity contribution in [3.63, 3.8) is 0 Å². The van der Waals surface area contributed by atoms with Gasteiger partial charge in [-0.1, -0.05) is 31.0 Å². The van der Waals surface area contributed by atoms with Crippen LogP contribution in [0.5, 0.6) is 0 Å². The van der Waals surface area contributed by atoms with E-state index in [1.165, 1.54) is 4.31 Å². The first-order valence-electron chi connectivity index (χ1n) is 8.85. The largest absolute Gasteiger partial charge is 0.341 e.